The fraction of sp³-hybridized carbons (Fsp3) is 0.538. The molecule has 0 amide bonds. The smallest absolute Gasteiger partial charge is 0.330 e. The predicted octanol–water partition coefficient (Wildman–Crippen LogP) is 0.902. The second kappa shape index (κ2) is 5.18. The van der Waals surface area contributed by atoms with Gasteiger partial charge in [-0.15, -0.1) is 0 Å². The van der Waals surface area contributed by atoms with Gasteiger partial charge in [0.2, 0.25) is 0 Å². The largest absolute Gasteiger partial charge is 0.464 e. The van der Waals surface area contributed by atoms with E-state index < -0.39 is 6.04 Å². The zero-order valence-electron chi connectivity index (χ0n) is 12.1. The first kappa shape index (κ1) is 14.1. The molecule has 0 spiro atoms. The molecule has 1 aliphatic rings. The number of thioether (sulfide) groups is 1. The molecule has 112 valence electrons. The van der Waals surface area contributed by atoms with Gasteiger partial charge >= 0.3 is 5.97 Å². The molecular weight excluding hydrogens is 292 g/mol. The first-order valence-corrected chi connectivity index (χ1v) is 7.84. The number of carbonyl (C=O) groups is 1. The van der Waals surface area contributed by atoms with Crippen LogP contribution in [0.4, 0.5) is 0 Å². The predicted molar refractivity (Wildman–Crippen MR) is 78.5 cm³/mol. The van der Waals surface area contributed by atoms with Crippen LogP contribution in [0.3, 0.4) is 0 Å². The molecule has 0 bridgehead atoms. The van der Waals surface area contributed by atoms with Crippen molar-refractivity contribution in [3.63, 3.8) is 0 Å². The number of rotatable bonds is 3. The zero-order valence-corrected chi connectivity index (χ0v) is 12.9. The Balaban J connectivity index is 2.21. The van der Waals surface area contributed by atoms with Crippen LogP contribution in [0.1, 0.15) is 25.7 Å². The van der Waals surface area contributed by atoms with E-state index in [0.717, 1.165) is 12.2 Å². The van der Waals surface area contributed by atoms with Crippen LogP contribution in [0, 0.1) is 0 Å². The minimum Gasteiger partial charge on any atom is -0.464 e. The summed E-state index contributed by atoms with van der Waals surface area (Å²) >= 11 is 1.38. The van der Waals surface area contributed by atoms with Gasteiger partial charge in [-0.1, -0.05) is 18.7 Å². The molecule has 8 heteroatoms. The average molecular weight is 308 g/mol. The van der Waals surface area contributed by atoms with E-state index in [-0.39, 0.29) is 11.5 Å². The Bertz CT molecular complexity index is 780. The Labute approximate surface area is 125 Å². The molecule has 1 aliphatic heterocycles. The number of aromatic nitrogens is 4. The Kier molecular flexibility index (Phi) is 3.48. The molecule has 3 heterocycles. The fourth-order valence-corrected chi connectivity index (χ4v) is 3.62. The lowest BCUT2D eigenvalue weighted by atomic mass is 10.3. The number of aryl methyl sites for hydroxylation is 2. The maximum absolute atomic E-state index is 12.7. The quantitative estimate of drug-likeness (QED) is 0.619. The summed E-state index contributed by atoms with van der Waals surface area (Å²) in [5.41, 5.74) is 0.655. The number of hydrogen-bond acceptors (Lipinski definition) is 6. The lowest BCUT2D eigenvalue weighted by Crippen LogP contribution is -2.31. The minimum absolute atomic E-state index is 0.229. The summed E-state index contributed by atoms with van der Waals surface area (Å²) in [5.74, 6) is 0.888. The highest BCUT2D eigenvalue weighted by Crippen LogP contribution is 2.31. The molecule has 0 fully saturated rings. The maximum Gasteiger partial charge on any atom is 0.330 e. The molecule has 0 radical (unpaired) electrons. The highest BCUT2D eigenvalue weighted by Gasteiger charge is 2.34. The highest BCUT2D eigenvalue weighted by molar-refractivity contribution is 7.99. The van der Waals surface area contributed by atoms with Gasteiger partial charge in [-0.3, -0.25) is 9.36 Å². The Morgan fingerprint density at radius 2 is 2.19 bits per heavy atom. The Morgan fingerprint density at radius 3 is 2.86 bits per heavy atom. The van der Waals surface area contributed by atoms with Crippen molar-refractivity contribution in [3.05, 3.63) is 16.2 Å². The first-order valence-electron chi connectivity index (χ1n) is 6.85. The van der Waals surface area contributed by atoms with Gasteiger partial charge in [-0.25, -0.2) is 14.8 Å². The van der Waals surface area contributed by atoms with Crippen LogP contribution in [0.25, 0.3) is 11.2 Å². The summed E-state index contributed by atoms with van der Waals surface area (Å²) in [6.45, 7) is 4.02. The van der Waals surface area contributed by atoms with Gasteiger partial charge in [-0.2, -0.15) is 0 Å². The SMILES string of the molecule is CCOC(=O)C1CSc2nc3nc(CC)n(C)c3c(=O)n21. The second-order valence-corrected chi connectivity index (χ2v) is 5.75. The van der Waals surface area contributed by atoms with Crippen LogP contribution in [-0.2, 0) is 23.0 Å². The van der Waals surface area contributed by atoms with Crippen molar-refractivity contribution in [3.8, 4) is 0 Å². The van der Waals surface area contributed by atoms with Gasteiger partial charge in [0.25, 0.3) is 5.56 Å². The van der Waals surface area contributed by atoms with Crippen molar-refractivity contribution < 1.29 is 9.53 Å². The standard InChI is InChI=1S/C13H16N4O3S/c1-4-8-14-10-9(16(8)3)11(18)17-7(12(19)20-5-2)6-21-13(17)15-10/h7H,4-6H2,1-3H3. The topological polar surface area (TPSA) is 79.0 Å². The normalized spacial score (nSPS) is 17.2. The summed E-state index contributed by atoms with van der Waals surface area (Å²) in [7, 11) is 1.80. The van der Waals surface area contributed by atoms with Crippen molar-refractivity contribution in [1.82, 2.24) is 19.1 Å². The fourth-order valence-electron chi connectivity index (χ4n) is 2.52. The molecule has 2 aromatic heterocycles. The van der Waals surface area contributed by atoms with Crippen molar-refractivity contribution in [2.75, 3.05) is 12.4 Å². The molecule has 0 saturated heterocycles. The van der Waals surface area contributed by atoms with Gasteiger partial charge in [0.1, 0.15) is 11.9 Å². The van der Waals surface area contributed by atoms with Crippen molar-refractivity contribution >= 4 is 28.9 Å². The summed E-state index contributed by atoms with van der Waals surface area (Å²) in [4.78, 5) is 33.5. The van der Waals surface area contributed by atoms with Gasteiger partial charge in [0.15, 0.2) is 16.3 Å². The number of fused-ring (bicyclic) bond motifs is 2. The molecule has 0 saturated carbocycles. The third-order valence-corrected chi connectivity index (χ3v) is 4.58. The summed E-state index contributed by atoms with van der Waals surface area (Å²) in [5, 5.41) is 0.534. The molecule has 21 heavy (non-hydrogen) atoms. The van der Waals surface area contributed by atoms with E-state index in [2.05, 4.69) is 9.97 Å². The van der Waals surface area contributed by atoms with E-state index in [1.165, 1.54) is 16.3 Å². The molecule has 1 atom stereocenters. The van der Waals surface area contributed by atoms with Gasteiger partial charge in [-0.05, 0) is 6.92 Å². The Hall–Kier alpha value is -1.83. The summed E-state index contributed by atoms with van der Waals surface area (Å²) < 4.78 is 8.23. The summed E-state index contributed by atoms with van der Waals surface area (Å²) in [6.07, 6.45) is 0.718. The first-order chi connectivity index (χ1) is 10.1. The van der Waals surface area contributed by atoms with E-state index in [4.69, 9.17) is 4.74 Å². The van der Waals surface area contributed by atoms with Crippen molar-refractivity contribution in [2.24, 2.45) is 7.05 Å². The molecule has 0 aromatic carbocycles. The monoisotopic (exact) mass is 308 g/mol. The van der Waals surface area contributed by atoms with E-state index >= 15 is 0 Å². The maximum atomic E-state index is 12.7. The van der Waals surface area contributed by atoms with E-state index in [0.29, 0.717) is 28.7 Å². The average Bonchev–Trinajstić information content (AvgIpc) is 3.01. The van der Waals surface area contributed by atoms with Crippen LogP contribution < -0.4 is 5.56 Å². The molecule has 2 aromatic rings. The van der Waals surface area contributed by atoms with Gasteiger partial charge in [0.05, 0.1) is 6.61 Å². The minimum atomic E-state index is -0.602. The van der Waals surface area contributed by atoms with Crippen LogP contribution >= 0.6 is 11.8 Å². The molecule has 0 N–H and O–H groups in total. The van der Waals surface area contributed by atoms with E-state index in [1.54, 1.807) is 18.5 Å². The van der Waals surface area contributed by atoms with Crippen LogP contribution in [0.2, 0.25) is 0 Å². The molecule has 3 rings (SSSR count). The molecule has 1 unspecified atom stereocenters. The van der Waals surface area contributed by atoms with E-state index in [1.807, 2.05) is 6.92 Å². The number of carbonyl (C=O) groups excluding carboxylic acids is 1. The van der Waals surface area contributed by atoms with Gasteiger partial charge < -0.3 is 9.30 Å². The van der Waals surface area contributed by atoms with Gasteiger partial charge in [0, 0.05) is 19.2 Å². The number of nitrogens with zero attached hydrogens (tertiary/aromatic N) is 4. The molecule has 0 aliphatic carbocycles. The third-order valence-electron chi connectivity index (χ3n) is 3.56. The van der Waals surface area contributed by atoms with Crippen LogP contribution in [-0.4, -0.2) is 37.4 Å². The number of ether oxygens (including phenoxy) is 1. The Morgan fingerprint density at radius 1 is 1.43 bits per heavy atom. The third kappa shape index (κ3) is 2.05. The highest BCUT2D eigenvalue weighted by atomic mass is 32.2. The molecular formula is C13H16N4O3S. The van der Waals surface area contributed by atoms with Crippen molar-refractivity contribution in [2.45, 2.75) is 31.5 Å². The van der Waals surface area contributed by atoms with Crippen molar-refractivity contribution in [1.29, 1.82) is 0 Å². The van der Waals surface area contributed by atoms with E-state index in [9.17, 15) is 9.59 Å². The molecule has 7 nitrogen and oxygen atoms in total. The lowest BCUT2D eigenvalue weighted by molar-refractivity contribution is -0.146. The summed E-state index contributed by atoms with van der Waals surface area (Å²) in [6, 6.07) is -0.602. The lowest BCUT2D eigenvalue weighted by Gasteiger charge is -2.11. The second-order valence-electron chi connectivity index (χ2n) is 4.76. The number of esters is 1. The van der Waals surface area contributed by atoms with Crippen LogP contribution in [0.15, 0.2) is 9.95 Å². The zero-order chi connectivity index (χ0) is 15.1. The number of hydrogen-bond donors (Lipinski definition) is 0. The number of imidazole rings is 1. The van der Waals surface area contributed by atoms with Crippen LogP contribution in [0.5, 0.6) is 0 Å².